The van der Waals surface area contributed by atoms with Crippen molar-refractivity contribution in [2.75, 3.05) is 11.6 Å². The van der Waals surface area contributed by atoms with E-state index >= 15 is 0 Å². The van der Waals surface area contributed by atoms with Crippen molar-refractivity contribution in [1.82, 2.24) is 10.7 Å². The maximum Gasteiger partial charge on any atom is 0.247 e. The van der Waals surface area contributed by atoms with Crippen LogP contribution in [0.5, 0.6) is 0 Å². The van der Waals surface area contributed by atoms with Crippen LogP contribution in [-0.4, -0.2) is 36.2 Å². The fraction of sp³-hybridized carbons (Fsp3) is 0.588. The van der Waals surface area contributed by atoms with Crippen LogP contribution in [-0.2, 0) is 4.79 Å². The topological polar surface area (TPSA) is 75.9 Å². The molecule has 3 aliphatic rings. The van der Waals surface area contributed by atoms with E-state index in [1.165, 1.54) is 0 Å². The number of hydrogen-bond acceptors (Lipinski definition) is 3. The first-order valence-electron chi connectivity index (χ1n) is 8.30. The van der Waals surface area contributed by atoms with Gasteiger partial charge >= 0.3 is 0 Å². The molecule has 4 rings (SSSR count). The van der Waals surface area contributed by atoms with Gasteiger partial charge in [0.25, 0.3) is 0 Å². The van der Waals surface area contributed by atoms with Crippen LogP contribution in [0, 0.1) is 17.8 Å². The average Bonchev–Trinajstić information content (AvgIpc) is 2.88. The molecule has 1 aliphatic carbocycles. The summed E-state index contributed by atoms with van der Waals surface area (Å²) in [5.41, 5.74) is 4.01. The summed E-state index contributed by atoms with van der Waals surface area (Å²) in [6.45, 7) is 2.68. The number of hydrazine groups is 1. The Morgan fingerprint density at radius 3 is 2.75 bits per heavy atom. The molecule has 0 bridgehead atoms. The van der Waals surface area contributed by atoms with Crippen LogP contribution in [0.4, 0.5) is 10.1 Å². The Morgan fingerprint density at radius 2 is 2.00 bits per heavy atom. The van der Waals surface area contributed by atoms with E-state index in [0.29, 0.717) is 29.6 Å². The predicted octanol–water partition coefficient (Wildman–Crippen LogP) is 1.71. The molecule has 7 heteroatoms. The molecule has 4 N–H and O–H groups in total. The maximum atomic E-state index is 14.3. The van der Waals surface area contributed by atoms with Gasteiger partial charge in [-0.2, -0.15) is 0 Å². The normalized spacial score (nSPS) is 38.3. The van der Waals surface area contributed by atoms with E-state index in [1.54, 1.807) is 11.1 Å². The number of para-hydroxylation sites is 1. The molecule has 6 unspecified atom stereocenters. The van der Waals surface area contributed by atoms with Gasteiger partial charge in [-0.05, 0) is 36.8 Å². The molecular formula is C17H23ClFN3O2. The van der Waals surface area contributed by atoms with Crippen molar-refractivity contribution in [2.45, 2.75) is 38.0 Å². The summed E-state index contributed by atoms with van der Waals surface area (Å²) in [4.78, 5) is 12.8. The molecule has 1 aromatic carbocycles. The van der Waals surface area contributed by atoms with Crippen molar-refractivity contribution in [1.29, 1.82) is 0 Å². The van der Waals surface area contributed by atoms with Crippen LogP contribution >= 0.6 is 11.6 Å². The number of carbonyl (C=O) groups is 1. The van der Waals surface area contributed by atoms with Crippen LogP contribution in [0.1, 0.15) is 19.8 Å². The molecule has 132 valence electrons. The Balaban J connectivity index is 0.00000169. The number of nitrogens with one attached hydrogen (secondary N) is 2. The number of amides is 1. The van der Waals surface area contributed by atoms with Crippen molar-refractivity contribution < 1.29 is 14.7 Å². The Kier molecular flexibility index (Phi) is 4.84. The largest absolute Gasteiger partial charge is 0.412 e. The van der Waals surface area contributed by atoms with Gasteiger partial charge in [-0.25, -0.2) is 14.8 Å². The summed E-state index contributed by atoms with van der Waals surface area (Å²) in [6.07, 6.45) is 0.646. The number of rotatable bonds is 1. The third kappa shape index (κ3) is 2.62. The first kappa shape index (κ1) is 17.6. The van der Waals surface area contributed by atoms with Gasteiger partial charge in [-0.3, -0.25) is 4.79 Å². The molecule has 0 aromatic heterocycles. The maximum absolute atomic E-state index is 14.3. The van der Waals surface area contributed by atoms with Gasteiger partial charge in [0.15, 0.2) is 0 Å². The van der Waals surface area contributed by atoms with Gasteiger partial charge in [-0.1, -0.05) is 30.7 Å². The molecule has 1 aromatic rings. The molecule has 0 spiro atoms. The number of benzene rings is 1. The van der Waals surface area contributed by atoms with Gasteiger partial charge in [0, 0.05) is 18.6 Å². The third-order valence-electron chi connectivity index (χ3n) is 5.69. The summed E-state index contributed by atoms with van der Waals surface area (Å²) < 4.78 is 14.3. The van der Waals surface area contributed by atoms with E-state index < -0.39 is 6.17 Å². The molecule has 6 atom stereocenters. The highest BCUT2D eigenvalue weighted by Crippen LogP contribution is 2.42. The highest BCUT2D eigenvalue weighted by Gasteiger charge is 2.54. The van der Waals surface area contributed by atoms with Gasteiger partial charge in [0.1, 0.15) is 6.17 Å². The minimum atomic E-state index is -0.830. The molecule has 5 nitrogen and oxygen atoms in total. The standard InChI is InChI=1S/C17H21ClFN3O.H2O/c1-9-6-7-12(19)16-14(9)15-10(8-20-16)17(23)22(21-15)13-5-3-2-4-11(13)18;/h2-5,9-10,12,14-16,20-21H,6-8H2,1H3;1H2. The zero-order valence-corrected chi connectivity index (χ0v) is 14.3. The zero-order valence-electron chi connectivity index (χ0n) is 13.5. The van der Waals surface area contributed by atoms with Crippen LogP contribution in [0.2, 0.25) is 5.02 Å². The first-order chi connectivity index (χ1) is 11.1. The molecule has 2 aliphatic heterocycles. The van der Waals surface area contributed by atoms with Gasteiger partial charge in [-0.15, -0.1) is 0 Å². The smallest absolute Gasteiger partial charge is 0.247 e. The lowest BCUT2D eigenvalue weighted by molar-refractivity contribution is -0.121. The number of halogens is 2. The van der Waals surface area contributed by atoms with Gasteiger partial charge in [0.05, 0.1) is 16.6 Å². The van der Waals surface area contributed by atoms with E-state index in [1.807, 2.05) is 18.2 Å². The quantitative estimate of drug-likeness (QED) is 0.805. The van der Waals surface area contributed by atoms with E-state index in [2.05, 4.69) is 17.7 Å². The second-order valence-corrected chi connectivity index (χ2v) is 7.38. The molecular weight excluding hydrogens is 333 g/mol. The molecule has 1 saturated carbocycles. The number of anilines is 1. The molecule has 1 amide bonds. The second-order valence-electron chi connectivity index (χ2n) is 6.97. The predicted molar refractivity (Wildman–Crippen MR) is 91.5 cm³/mol. The number of carbonyl (C=O) groups excluding carboxylic acids is 1. The van der Waals surface area contributed by atoms with E-state index in [-0.39, 0.29) is 35.3 Å². The second kappa shape index (κ2) is 6.59. The zero-order chi connectivity index (χ0) is 16.1. The highest BCUT2D eigenvalue weighted by atomic mass is 35.5. The minimum Gasteiger partial charge on any atom is -0.412 e. The van der Waals surface area contributed by atoms with Gasteiger partial charge < -0.3 is 10.8 Å². The summed E-state index contributed by atoms with van der Waals surface area (Å²) in [6, 6.07) is 7.12. The lowest BCUT2D eigenvalue weighted by atomic mass is 9.67. The lowest BCUT2D eigenvalue weighted by Gasteiger charge is -2.47. The number of alkyl halides is 1. The summed E-state index contributed by atoms with van der Waals surface area (Å²) in [5.74, 6) is 0.357. The van der Waals surface area contributed by atoms with Crippen LogP contribution in [0.25, 0.3) is 0 Å². The SMILES string of the molecule is CC1CCC(F)C2NCC3C(=O)N(c4ccccc4Cl)NC3C12.O. The van der Waals surface area contributed by atoms with Crippen molar-refractivity contribution in [2.24, 2.45) is 17.8 Å². The Labute approximate surface area is 145 Å². The van der Waals surface area contributed by atoms with Crippen molar-refractivity contribution in [3.63, 3.8) is 0 Å². The number of hydrogen-bond donors (Lipinski definition) is 2. The summed E-state index contributed by atoms with van der Waals surface area (Å²) in [5, 5.41) is 5.40. The molecule has 2 saturated heterocycles. The minimum absolute atomic E-state index is 0. The fourth-order valence-corrected chi connectivity index (χ4v) is 4.73. The monoisotopic (exact) mass is 355 g/mol. The Morgan fingerprint density at radius 1 is 1.25 bits per heavy atom. The van der Waals surface area contributed by atoms with Crippen LogP contribution in [0.15, 0.2) is 24.3 Å². The first-order valence-corrected chi connectivity index (χ1v) is 8.68. The van der Waals surface area contributed by atoms with Crippen molar-refractivity contribution >= 4 is 23.2 Å². The lowest BCUT2D eigenvalue weighted by Crippen LogP contribution is -2.62. The van der Waals surface area contributed by atoms with Crippen LogP contribution < -0.4 is 15.8 Å². The number of piperidine rings is 1. The van der Waals surface area contributed by atoms with Crippen molar-refractivity contribution in [3.05, 3.63) is 29.3 Å². The molecule has 24 heavy (non-hydrogen) atoms. The Bertz CT molecular complexity index is 632. The Hall–Kier alpha value is -1.21. The fourth-order valence-electron chi connectivity index (χ4n) is 4.51. The summed E-state index contributed by atoms with van der Waals surface area (Å²) >= 11 is 6.25. The highest BCUT2D eigenvalue weighted by molar-refractivity contribution is 6.33. The van der Waals surface area contributed by atoms with Gasteiger partial charge in [0.2, 0.25) is 5.91 Å². The van der Waals surface area contributed by atoms with E-state index in [9.17, 15) is 9.18 Å². The number of fused-ring (bicyclic) bond motifs is 3. The third-order valence-corrected chi connectivity index (χ3v) is 6.01. The van der Waals surface area contributed by atoms with E-state index in [4.69, 9.17) is 11.6 Å². The molecule has 0 radical (unpaired) electrons. The molecule has 2 heterocycles. The number of nitrogens with zero attached hydrogens (tertiary/aromatic N) is 1. The summed E-state index contributed by atoms with van der Waals surface area (Å²) in [7, 11) is 0. The molecule has 3 fully saturated rings. The average molecular weight is 356 g/mol. The van der Waals surface area contributed by atoms with Crippen molar-refractivity contribution in [3.8, 4) is 0 Å². The van der Waals surface area contributed by atoms with E-state index in [0.717, 1.165) is 6.42 Å². The van der Waals surface area contributed by atoms with Crippen LogP contribution in [0.3, 0.4) is 0 Å².